The molecule has 0 aliphatic carbocycles. The number of hydrogen-bond acceptors (Lipinski definition) is 4. The van der Waals surface area contributed by atoms with E-state index in [1.54, 1.807) is 0 Å². The number of amides is 1. The van der Waals surface area contributed by atoms with E-state index in [-0.39, 0.29) is 12.1 Å². The molecule has 1 atom stereocenters. The van der Waals surface area contributed by atoms with Crippen LogP contribution in [0.2, 0.25) is 0 Å². The number of carbonyl (C=O) groups excluding carboxylic acids is 1. The monoisotopic (exact) mass is 377 g/mol. The highest BCUT2D eigenvalue weighted by Crippen LogP contribution is 2.28. The zero-order chi connectivity index (χ0) is 19.4. The first kappa shape index (κ1) is 19.1. The highest BCUT2D eigenvalue weighted by molar-refractivity contribution is 7.77. The lowest BCUT2D eigenvalue weighted by atomic mass is 9.95. The molecule has 1 heterocycles. The Morgan fingerprint density at radius 3 is 2.56 bits per heavy atom. The Balaban J connectivity index is 1.89. The van der Waals surface area contributed by atoms with Gasteiger partial charge in [0.25, 0.3) is 5.91 Å². The number of thiol groups is 1. The minimum Gasteiger partial charge on any atom is -0.332 e. The second-order valence-corrected chi connectivity index (χ2v) is 7.13. The third kappa shape index (κ3) is 4.01. The van der Waals surface area contributed by atoms with Gasteiger partial charge in [0, 0.05) is 17.7 Å². The fourth-order valence-corrected chi connectivity index (χ4v) is 3.64. The van der Waals surface area contributed by atoms with Crippen LogP contribution in [0.4, 0.5) is 0 Å². The Hall–Kier alpha value is -2.71. The summed E-state index contributed by atoms with van der Waals surface area (Å²) in [6.45, 7) is 4.03. The van der Waals surface area contributed by atoms with Gasteiger partial charge in [-0.25, -0.2) is 0 Å². The van der Waals surface area contributed by atoms with Crippen molar-refractivity contribution < 1.29 is 4.79 Å². The van der Waals surface area contributed by atoms with Crippen molar-refractivity contribution in [3.63, 3.8) is 0 Å². The van der Waals surface area contributed by atoms with Crippen molar-refractivity contribution in [3.05, 3.63) is 70.9 Å². The topological polar surface area (TPSA) is 56.1 Å². The summed E-state index contributed by atoms with van der Waals surface area (Å²) in [6, 6.07) is 17.9. The Morgan fingerprint density at radius 2 is 1.89 bits per heavy atom. The fraction of sp³-hybridized carbons (Fsp3) is 0.273. The largest absolute Gasteiger partial charge is 0.332 e. The molecular weight excluding hydrogens is 354 g/mol. The van der Waals surface area contributed by atoms with E-state index in [0.29, 0.717) is 12.0 Å². The van der Waals surface area contributed by atoms with Crippen molar-refractivity contribution in [3.8, 4) is 17.2 Å². The summed E-state index contributed by atoms with van der Waals surface area (Å²) in [7, 11) is 0. The van der Waals surface area contributed by atoms with E-state index in [1.807, 2.05) is 59.8 Å². The van der Waals surface area contributed by atoms with Gasteiger partial charge in [-0.05, 0) is 36.1 Å². The SMILES string of the molecule is CCCC1=C(Cc2ccc(-c3ccccc3C#N)cc2)C(=O)NC(C)N1S. The van der Waals surface area contributed by atoms with Gasteiger partial charge in [0.2, 0.25) is 0 Å². The molecule has 1 aliphatic heterocycles. The van der Waals surface area contributed by atoms with Gasteiger partial charge < -0.3 is 9.62 Å². The van der Waals surface area contributed by atoms with Gasteiger partial charge >= 0.3 is 0 Å². The normalized spacial score (nSPS) is 16.9. The molecule has 3 rings (SSSR count). The van der Waals surface area contributed by atoms with Crippen LogP contribution in [0.3, 0.4) is 0 Å². The van der Waals surface area contributed by atoms with Crippen LogP contribution in [0.1, 0.15) is 37.8 Å². The van der Waals surface area contributed by atoms with Crippen molar-refractivity contribution in [2.45, 2.75) is 39.3 Å². The smallest absolute Gasteiger partial charge is 0.250 e. The molecular formula is C22H23N3OS. The number of nitrogens with one attached hydrogen (secondary N) is 1. The number of carbonyl (C=O) groups is 1. The van der Waals surface area contributed by atoms with Crippen LogP contribution in [-0.2, 0) is 11.2 Å². The number of hydrogen-bond donors (Lipinski definition) is 2. The van der Waals surface area contributed by atoms with E-state index < -0.39 is 0 Å². The van der Waals surface area contributed by atoms with Crippen molar-refractivity contribution >= 4 is 18.7 Å². The Bertz CT molecular complexity index is 912. The van der Waals surface area contributed by atoms with Crippen LogP contribution in [0, 0.1) is 11.3 Å². The molecule has 2 aromatic carbocycles. The molecule has 1 amide bonds. The first-order valence-corrected chi connectivity index (χ1v) is 9.54. The molecule has 0 spiro atoms. The fourth-order valence-electron chi connectivity index (χ4n) is 3.36. The summed E-state index contributed by atoms with van der Waals surface area (Å²) in [5.41, 5.74) is 5.40. The highest BCUT2D eigenvalue weighted by Gasteiger charge is 2.28. The van der Waals surface area contributed by atoms with Gasteiger partial charge in [-0.15, -0.1) is 0 Å². The van der Waals surface area contributed by atoms with Crippen molar-refractivity contribution in [2.24, 2.45) is 0 Å². The quantitative estimate of drug-likeness (QED) is 0.757. The van der Waals surface area contributed by atoms with E-state index in [4.69, 9.17) is 0 Å². The number of rotatable bonds is 5. The summed E-state index contributed by atoms with van der Waals surface area (Å²) in [6.07, 6.45) is 2.23. The lowest BCUT2D eigenvalue weighted by Crippen LogP contribution is -2.47. The molecule has 0 saturated heterocycles. The van der Waals surface area contributed by atoms with Gasteiger partial charge in [-0.3, -0.25) is 4.79 Å². The molecule has 2 aromatic rings. The van der Waals surface area contributed by atoms with Crippen molar-refractivity contribution in [1.82, 2.24) is 9.62 Å². The van der Waals surface area contributed by atoms with Crippen LogP contribution >= 0.6 is 12.8 Å². The van der Waals surface area contributed by atoms with E-state index in [0.717, 1.165) is 40.8 Å². The van der Waals surface area contributed by atoms with Crippen LogP contribution in [-0.4, -0.2) is 16.4 Å². The average molecular weight is 378 g/mol. The molecule has 0 saturated carbocycles. The van der Waals surface area contributed by atoms with Gasteiger partial charge in [-0.2, -0.15) is 5.26 Å². The maximum atomic E-state index is 12.5. The van der Waals surface area contributed by atoms with Gasteiger partial charge in [0.15, 0.2) is 0 Å². The summed E-state index contributed by atoms with van der Waals surface area (Å²) in [5.74, 6) is -0.0184. The molecule has 1 unspecified atom stereocenters. The summed E-state index contributed by atoms with van der Waals surface area (Å²) in [5, 5.41) is 12.3. The first-order valence-electron chi connectivity index (χ1n) is 9.14. The molecule has 138 valence electrons. The molecule has 5 heteroatoms. The Morgan fingerprint density at radius 1 is 1.19 bits per heavy atom. The standard InChI is InChI=1S/C22H23N3OS/c1-3-6-21-20(22(26)24-15(2)25(21)27)13-16-9-11-17(12-10-16)19-8-5-4-7-18(19)14-23/h4-5,7-12,15,27H,3,6,13H2,1-2H3,(H,24,26). The van der Waals surface area contributed by atoms with Crippen LogP contribution in [0.25, 0.3) is 11.1 Å². The maximum absolute atomic E-state index is 12.5. The molecule has 1 aliphatic rings. The van der Waals surface area contributed by atoms with Gasteiger partial charge in [0.05, 0.1) is 11.6 Å². The van der Waals surface area contributed by atoms with Crippen molar-refractivity contribution in [2.75, 3.05) is 0 Å². The van der Waals surface area contributed by atoms with E-state index in [9.17, 15) is 10.1 Å². The number of benzene rings is 2. The predicted octanol–water partition coefficient (Wildman–Crippen LogP) is 4.44. The molecule has 0 fully saturated rings. The summed E-state index contributed by atoms with van der Waals surface area (Å²) in [4.78, 5) is 12.5. The van der Waals surface area contributed by atoms with E-state index >= 15 is 0 Å². The number of allylic oxidation sites excluding steroid dienone is 1. The van der Waals surface area contributed by atoms with E-state index in [2.05, 4.69) is 31.1 Å². The molecule has 0 aromatic heterocycles. The minimum absolute atomic E-state index is 0.0184. The number of nitrogens with zero attached hydrogens (tertiary/aromatic N) is 2. The van der Waals surface area contributed by atoms with Gasteiger partial charge in [-0.1, -0.05) is 68.6 Å². The van der Waals surface area contributed by atoms with Crippen LogP contribution < -0.4 is 5.32 Å². The predicted molar refractivity (Wildman–Crippen MR) is 111 cm³/mol. The lowest BCUT2D eigenvalue weighted by Gasteiger charge is -2.35. The highest BCUT2D eigenvalue weighted by atomic mass is 32.1. The Labute approximate surface area is 166 Å². The minimum atomic E-state index is -0.115. The molecule has 0 radical (unpaired) electrons. The third-order valence-corrected chi connectivity index (χ3v) is 5.37. The van der Waals surface area contributed by atoms with E-state index in [1.165, 1.54) is 0 Å². The van der Waals surface area contributed by atoms with Crippen LogP contribution in [0.15, 0.2) is 59.8 Å². The lowest BCUT2D eigenvalue weighted by molar-refractivity contribution is -0.119. The Kier molecular flexibility index (Phi) is 5.88. The molecule has 0 bridgehead atoms. The maximum Gasteiger partial charge on any atom is 0.250 e. The first-order chi connectivity index (χ1) is 13.0. The van der Waals surface area contributed by atoms with Gasteiger partial charge in [0.1, 0.15) is 6.17 Å². The second-order valence-electron chi connectivity index (χ2n) is 6.70. The third-order valence-electron chi connectivity index (χ3n) is 4.79. The molecule has 1 N–H and O–H groups in total. The summed E-state index contributed by atoms with van der Waals surface area (Å²) >= 11 is 4.57. The zero-order valence-corrected chi connectivity index (χ0v) is 16.5. The number of nitriles is 1. The summed E-state index contributed by atoms with van der Waals surface area (Å²) < 4.78 is 1.86. The molecule has 27 heavy (non-hydrogen) atoms. The second kappa shape index (κ2) is 8.32. The average Bonchev–Trinajstić information content (AvgIpc) is 2.69. The zero-order valence-electron chi connectivity index (χ0n) is 15.6. The molecule has 4 nitrogen and oxygen atoms in total. The van der Waals surface area contributed by atoms with Crippen molar-refractivity contribution in [1.29, 1.82) is 5.26 Å². The van der Waals surface area contributed by atoms with Crippen LogP contribution in [0.5, 0.6) is 0 Å².